The lowest BCUT2D eigenvalue weighted by atomic mass is 10.0. The predicted molar refractivity (Wildman–Crippen MR) is 104 cm³/mol. The summed E-state index contributed by atoms with van der Waals surface area (Å²) in [4.78, 5) is 24.7. The number of carbonyl (C=O) groups excluding carboxylic acids is 1. The van der Waals surface area contributed by atoms with Gasteiger partial charge < -0.3 is 5.32 Å². The van der Waals surface area contributed by atoms with Crippen molar-refractivity contribution in [1.29, 1.82) is 0 Å². The summed E-state index contributed by atoms with van der Waals surface area (Å²) in [5, 5.41) is 11.5. The van der Waals surface area contributed by atoms with E-state index in [1.54, 1.807) is 24.3 Å². The molecule has 0 saturated carbocycles. The van der Waals surface area contributed by atoms with Crippen LogP contribution in [0.3, 0.4) is 0 Å². The van der Waals surface area contributed by atoms with Crippen LogP contribution in [0.4, 0.5) is 0 Å². The molecule has 3 aromatic rings. The Morgan fingerprint density at radius 2 is 1.92 bits per heavy atom. The van der Waals surface area contributed by atoms with E-state index in [9.17, 15) is 9.59 Å². The quantitative estimate of drug-likeness (QED) is 0.671. The van der Waals surface area contributed by atoms with E-state index in [0.717, 1.165) is 16.5 Å². The van der Waals surface area contributed by atoms with E-state index in [1.165, 1.54) is 4.68 Å². The van der Waals surface area contributed by atoms with Gasteiger partial charge in [-0.3, -0.25) is 9.59 Å². The second-order valence-electron chi connectivity index (χ2n) is 5.96. The van der Waals surface area contributed by atoms with E-state index in [4.69, 9.17) is 0 Å². The zero-order valence-corrected chi connectivity index (χ0v) is 15.9. The number of aryl methyl sites for hydroxylation is 1. The first-order valence-electron chi connectivity index (χ1n) is 8.46. The molecule has 6 nitrogen and oxygen atoms in total. The molecule has 0 saturated heterocycles. The lowest BCUT2D eigenvalue weighted by Gasteiger charge is -2.17. The lowest BCUT2D eigenvalue weighted by molar-refractivity contribution is -0.122. The van der Waals surface area contributed by atoms with Gasteiger partial charge in [0.1, 0.15) is 5.52 Å². The van der Waals surface area contributed by atoms with E-state index in [1.807, 2.05) is 31.2 Å². The number of hydrogen-bond acceptors (Lipinski definition) is 4. The summed E-state index contributed by atoms with van der Waals surface area (Å²) in [6, 6.07) is 14.9. The van der Waals surface area contributed by atoms with Crippen LogP contribution >= 0.6 is 15.9 Å². The molecule has 1 amide bonds. The summed E-state index contributed by atoms with van der Waals surface area (Å²) >= 11 is 3.41. The van der Waals surface area contributed by atoms with E-state index < -0.39 is 0 Å². The molecule has 26 heavy (non-hydrogen) atoms. The van der Waals surface area contributed by atoms with Gasteiger partial charge in [0.05, 0.1) is 18.0 Å². The van der Waals surface area contributed by atoms with Gasteiger partial charge in [-0.25, -0.2) is 4.68 Å². The molecule has 0 spiro atoms. The standard InChI is InChI=1S/C19H19BrN4O2/c1-2-16(13-7-9-14(20)10-8-13)21-18(25)11-12-24-19(26)15-5-3-4-6-17(15)22-23-24/h3-10,16H,2,11-12H2,1H3,(H,21,25). The minimum atomic E-state index is -0.233. The largest absolute Gasteiger partial charge is 0.349 e. The first-order chi connectivity index (χ1) is 12.6. The lowest BCUT2D eigenvalue weighted by Crippen LogP contribution is -2.31. The minimum Gasteiger partial charge on any atom is -0.349 e. The Hall–Kier alpha value is -2.54. The molecule has 0 aliphatic heterocycles. The van der Waals surface area contributed by atoms with Gasteiger partial charge in [0.25, 0.3) is 5.56 Å². The Balaban J connectivity index is 1.66. The van der Waals surface area contributed by atoms with Crippen LogP contribution in [-0.4, -0.2) is 20.9 Å². The van der Waals surface area contributed by atoms with Gasteiger partial charge in [-0.05, 0) is 36.2 Å². The Labute approximate surface area is 159 Å². The number of rotatable bonds is 6. The Kier molecular flexibility index (Phi) is 5.78. The van der Waals surface area contributed by atoms with Crippen molar-refractivity contribution < 1.29 is 4.79 Å². The van der Waals surface area contributed by atoms with Gasteiger partial charge in [0.15, 0.2) is 0 Å². The molecule has 0 aliphatic carbocycles. The second-order valence-corrected chi connectivity index (χ2v) is 6.88. The van der Waals surface area contributed by atoms with Crippen LogP contribution in [0.25, 0.3) is 10.9 Å². The van der Waals surface area contributed by atoms with Gasteiger partial charge in [0, 0.05) is 10.9 Å². The van der Waals surface area contributed by atoms with Crippen molar-refractivity contribution in [3.8, 4) is 0 Å². The zero-order chi connectivity index (χ0) is 18.5. The molecule has 2 aromatic carbocycles. The Morgan fingerprint density at radius 1 is 1.19 bits per heavy atom. The maximum absolute atomic E-state index is 12.4. The van der Waals surface area contributed by atoms with E-state index >= 15 is 0 Å². The van der Waals surface area contributed by atoms with E-state index in [-0.39, 0.29) is 30.5 Å². The van der Waals surface area contributed by atoms with Crippen LogP contribution < -0.4 is 10.9 Å². The summed E-state index contributed by atoms with van der Waals surface area (Å²) in [6.07, 6.45) is 0.947. The number of carbonyl (C=O) groups is 1. The van der Waals surface area contributed by atoms with Crippen molar-refractivity contribution in [2.75, 3.05) is 0 Å². The number of nitrogens with zero attached hydrogens (tertiary/aromatic N) is 3. The van der Waals surface area contributed by atoms with Gasteiger partial charge >= 0.3 is 0 Å². The Morgan fingerprint density at radius 3 is 2.65 bits per heavy atom. The van der Waals surface area contributed by atoms with Crippen LogP contribution in [0.15, 0.2) is 57.8 Å². The first-order valence-corrected chi connectivity index (χ1v) is 9.25. The van der Waals surface area contributed by atoms with Crippen molar-refractivity contribution >= 4 is 32.7 Å². The van der Waals surface area contributed by atoms with E-state index in [0.29, 0.717) is 10.9 Å². The molecule has 1 atom stereocenters. The Bertz CT molecular complexity index is 969. The van der Waals surface area contributed by atoms with Crippen molar-refractivity contribution in [3.05, 3.63) is 68.9 Å². The molecular formula is C19H19BrN4O2. The van der Waals surface area contributed by atoms with Crippen LogP contribution in [0, 0.1) is 0 Å². The van der Waals surface area contributed by atoms with E-state index in [2.05, 4.69) is 31.6 Å². The fourth-order valence-corrected chi connectivity index (χ4v) is 3.02. The predicted octanol–water partition coefficient (Wildman–Crippen LogP) is 3.21. The number of hydrogen-bond donors (Lipinski definition) is 1. The van der Waals surface area contributed by atoms with Gasteiger partial charge in [-0.15, -0.1) is 5.10 Å². The highest BCUT2D eigenvalue weighted by molar-refractivity contribution is 9.10. The second kappa shape index (κ2) is 8.23. The summed E-state index contributed by atoms with van der Waals surface area (Å²) in [5.41, 5.74) is 1.37. The molecule has 1 aromatic heterocycles. The molecule has 1 unspecified atom stereocenters. The highest BCUT2D eigenvalue weighted by atomic mass is 79.9. The molecule has 1 N–H and O–H groups in total. The minimum absolute atomic E-state index is 0.0602. The summed E-state index contributed by atoms with van der Waals surface area (Å²) in [6.45, 7) is 2.21. The number of halogens is 1. The van der Waals surface area contributed by atoms with Crippen LogP contribution in [-0.2, 0) is 11.3 Å². The maximum Gasteiger partial charge on any atom is 0.277 e. The average molecular weight is 415 g/mol. The number of fused-ring (bicyclic) bond motifs is 1. The highest BCUT2D eigenvalue weighted by Crippen LogP contribution is 2.19. The molecule has 1 heterocycles. The van der Waals surface area contributed by atoms with Crippen molar-refractivity contribution in [1.82, 2.24) is 20.3 Å². The summed E-state index contributed by atoms with van der Waals surface area (Å²) < 4.78 is 2.24. The number of nitrogens with one attached hydrogen (secondary N) is 1. The number of benzene rings is 2. The molecule has 0 bridgehead atoms. The third-order valence-corrected chi connectivity index (χ3v) is 4.72. The molecule has 0 radical (unpaired) electrons. The van der Waals surface area contributed by atoms with Crippen LogP contribution in [0.2, 0.25) is 0 Å². The van der Waals surface area contributed by atoms with Crippen molar-refractivity contribution in [2.45, 2.75) is 32.4 Å². The first kappa shape index (κ1) is 18.3. The van der Waals surface area contributed by atoms with Gasteiger partial charge in [-0.2, -0.15) is 0 Å². The molecule has 7 heteroatoms. The monoisotopic (exact) mass is 414 g/mol. The fourth-order valence-electron chi connectivity index (χ4n) is 2.76. The fraction of sp³-hybridized carbons (Fsp3) is 0.263. The smallest absolute Gasteiger partial charge is 0.277 e. The van der Waals surface area contributed by atoms with Gasteiger partial charge in [-0.1, -0.05) is 52.3 Å². The molecule has 0 fully saturated rings. The summed E-state index contributed by atoms with van der Waals surface area (Å²) in [7, 11) is 0. The molecule has 3 rings (SSSR count). The molecule has 0 aliphatic rings. The average Bonchev–Trinajstić information content (AvgIpc) is 2.66. The zero-order valence-electron chi connectivity index (χ0n) is 14.4. The number of aromatic nitrogens is 3. The van der Waals surface area contributed by atoms with Crippen LogP contribution in [0.5, 0.6) is 0 Å². The van der Waals surface area contributed by atoms with Crippen molar-refractivity contribution in [3.63, 3.8) is 0 Å². The van der Waals surface area contributed by atoms with Gasteiger partial charge in [0.2, 0.25) is 5.91 Å². The molecule has 134 valence electrons. The van der Waals surface area contributed by atoms with Crippen LogP contribution in [0.1, 0.15) is 31.4 Å². The normalized spacial score (nSPS) is 12.1. The third kappa shape index (κ3) is 4.16. The number of amides is 1. The SMILES string of the molecule is CCC(NC(=O)CCn1nnc2ccccc2c1=O)c1ccc(Br)cc1. The highest BCUT2D eigenvalue weighted by Gasteiger charge is 2.13. The topological polar surface area (TPSA) is 76.9 Å². The van der Waals surface area contributed by atoms with Crippen molar-refractivity contribution in [2.24, 2.45) is 0 Å². The third-order valence-electron chi connectivity index (χ3n) is 4.20. The summed E-state index contributed by atoms with van der Waals surface area (Å²) in [5.74, 6) is -0.123. The maximum atomic E-state index is 12.4. The molecular weight excluding hydrogens is 396 g/mol.